The molecule has 9 nitrogen and oxygen atoms in total. The smallest absolute Gasteiger partial charge is 0.388 e. The summed E-state index contributed by atoms with van der Waals surface area (Å²) in [7, 11) is -3.59. The van der Waals surface area contributed by atoms with Gasteiger partial charge in [-0.3, -0.25) is 9.32 Å². The summed E-state index contributed by atoms with van der Waals surface area (Å²) in [5.74, 6) is -1.17. The molecule has 0 radical (unpaired) electrons. The number of aliphatic hydroxyl groups is 3. The SMILES string of the molecule is COC[C@@H](O)C(O)C(O)C(=O)COP(=O)(O)O. The third kappa shape index (κ3) is 6.81. The second-order valence-corrected chi connectivity index (χ2v) is 4.43. The molecule has 10 heteroatoms. The van der Waals surface area contributed by atoms with E-state index in [0.717, 1.165) is 0 Å². The largest absolute Gasteiger partial charge is 0.470 e. The van der Waals surface area contributed by atoms with E-state index < -0.39 is 38.5 Å². The second-order valence-electron chi connectivity index (χ2n) is 3.19. The average molecular weight is 274 g/mol. The number of rotatable bonds is 8. The van der Waals surface area contributed by atoms with Crippen molar-refractivity contribution in [2.45, 2.75) is 18.3 Å². The Morgan fingerprint density at radius 3 is 2.24 bits per heavy atom. The maximum atomic E-state index is 11.1. The Hall–Kier alpha value is -0.380. The fourth-order valence-electron chi connectivity index (χ4n) is 0.903. The van der Waals surface area contributed by atoms with Gasteiger partial charge in [0.15, 0.2) is 5.78 Å². The van der Waals surface area contributed by atoms with E-state index in [4.69, 9.17) is 9.79 Å². The van der Waals surface area contributed by atoms with Crippen LogP contribution >= 0.6 is 7.82 Å². The molecule has 5 N–H and O–H groups in total. The van der Waals surface area contributed by atoms with E-state index >= 15 is 0 Å². The lowest BCUT2D eigenvalue weighted by Gasteiger charge is -2.21. The summed E-state index contributed by atoms with van der Waals surface area (Å²) in [4.78, 5) is 27.7. The molecule has 0 bridgehead atoms. The topological polar surface area (TPSA) is 154 Å². The molecular formula is C7H15O9P. The number of Topliss-reactive ketones (excluding diaryl/α,β-unsaturated/α-hetero) is 1. The van der Waals surface area contributed by atoms with Crippen LogP contribution in [0.1, 0.15) is 0 Å². The van der Waals surface area contributed by atoms with E-state index in [1.165, 1.54) is 7.11 Å². The molecule has 102 valence electrons. The number of aliphatic hydroxyl groups excluding tert-OH is 3. The van der Waals surface area contributed by atoms with Crippen molar-refractivity contribution in [2.75, 3.05) is 20.3 Å². The lowest BCUT2D eigenvalue weighted by molar-refractivity contribution is -0.143. The average Bonchev–Trinajstić information content (AvgIpc) is 2.23. The van der Waals surface area contributed by atoms with E-state index in [1.807, 2.05) is 0 Å². The van der Waals surface area contributed by atoms with Crippen LogP contribution in [0.4, 0.5) is 0 Å². The number of phosphoric acid groups is 1. The zero-order valence-corrected chi connectivity index (χ0v) is 9.86. The third-order valence-corrected chi connectivity index (χ3v) is 2.23. The predicted molar refractivity (Wildman–Crippen MR) is 52.9 cm³/mol. The normalized spacial score (nSPS) is 17.5. The van der Waals surface area contributed by atoms with Crippen molar-refractivity contribution in [3.8, 4) is 0 Å². The van der Waals surface area contributed by atoms with Crippen LogP contribution < -0.4 is 0 Å². The maximum Gasteiger partial charge on any atom is 0.470 e. The van der Waals surface area contributed by atoms with E-state index in [2.05, 4.69) is 9.26 Å². The number of carbonyl (C=O) groups is 1. The summed E-state index contributed by atoms with van der Waals surface area (Å²) in [5, 5.41) is 27.7. The summed E-state index contributed by atoms with van der Waals surface area (Å²) in [5.41, 5.74) is 0. The summed E-state index contributed by atoms with van der Waals surface area (Å²) in [6.07, 6.45) is -5.36. The van der Waals surface area contributed by atoms with Crippen molar-refractivity contribution >= 4 is 13.6 Å². The van der Waals surface area contributed by atoms with E-state index in [0.29, 0.717) is 0 Å². The molecular weight excluding hydrogens is 259 g/mol. The number of carbonyl (C=O) groups excluding carboxylic acids is 1. The van der Waals surface area contributed by atoms with Crippen LogP contribution in [0.5, 0.6) is 0 Å². The van der Waals surface area contributed by atoms with Crippen molar-refractivity contribution < 1.29 is 43.7 Å². The standard InChI is InChI=1S/C7H15O9P/c1-15-2-4(8)6(10)7(11)5(9)3-16-17(12,13)14/h4,6-8,10-11H,2-3H2,1H3,(H2,12,13,14)/t4-,6?,7?/m1/s1. The summed E-state index contributed by atoms with van der Waals surface area (Å²) < 4.78 is 18.6. The highest BCUT2D eigenvalue weighted by molar-refractivity contribution is 7.46. The number of hydrogen-bond donors (Lipinski definition) is 5. The van der Waals surface area contributed by atoms with Gasteiger partial charge in [0.1, 0.15) is 24.9 Å². The van der Waals surface area contributed by atoms with Crippen LogP contribution in [0, 0.1) is 0 Å². The van der Waals surface area contributed by atoms with Crippen molar-refractivity contribution in [2.24, 2.45) is 0 Å². The maximum absolute atomic E-state index is 11.1. The predicted octanol–water partition coefficient (Wildman–Crippen LogP) is -2.61. The van der Waals surface area contributed by atoms with Crippen LogP contribution in [0.25, 0.3) is 0 Å². The first-order valence-corrected chi connectivity index (χ1v) is 5.98. The lowest BCUT2D eigenvalue weighted by atomic mass is 10.1. The number of methoxy groups -OCH3 is 1. The molecule has 17 heavy (non-hydrogen) atoms. The molecule has 0 heterocycles. The minimum atomic E-state index is -4.83. The van der Waals surface area contributed by atoms with Gasteiger partial charge in [-0.25, -0.2) is 4.57 Å². The van der Waals surface area contributed by atoms with Gasteiger partial charge in [-0.1, -0.05) is 0 Å². The van der Waals surface area contributed by atoms with Crippen LogP contribution in [-0.2, 0) is 18.6 Å². The van der Waals surface area contributed by atoms with Crippen LogP contribution in [0.3, 0.4) is 0 Å². The number of phosphoric ester groups is 1. The second kappa shape index (κ2) is 7.14. The fourth-order valence-corrected chi connectivity index (χ4v) is 1.20. The number of ketones is 1. The summed E-state index contributed by atoms with van der Waals surface area (Å²) >= 11 is 0. The minimum Gasteiger partial charge on any atom is -0.388 e. The molecule has 0 aromatic carbocycles. The summed E-state index contributed by atoms with van der Waals surface area (Å²) in [6.45, 7) is -1.40. The van der Waals surface area contributed by atoms with Gasteiger partial charge in [-0.15, -0.1) is 0 Å². The molecule has 2 unspecified atom stereocenters. The molecule has 3 atom stereocenters. The van der Waals surface area contributed by atoms with E-state index in [-0.39, 0.29) is 6.61 Å². The van der Waals surface area contributed by atoms with Gasteiger partial charge < -0.3 is 29.8 Å². The highest BCUT2D eigenvalue weighted by Gasteiger charge is 2.31. The van der Waals surface area contributed by atoms with E-state index in [9.17, 15) is 24.7 Å². The van der Waals surface area contributed by atoms with E-state index in [1.54, 1.807) is 0 Å². The zero-order chi connectivity index (χ0) is 13.6. The van der Waals surface area contributed by atoms with Crippen molar-refractivity contribution in [1.29, 1.82) is 0 Å². The number of hydrogen-bond acceptors (Lipinski definition) is 7. The Bertz CT molecular complexity index is 287. The highest BCUT2D eigenvalue weighted by atomic mass is 31.2. The van der Waals surface area contributed by atoms with Gasteiger partial charge >= 0.3 is 7.82 Å². The van der Waals surface area contributed by atoms with Gasteiger partial charge in [0.2, 0.25) is 0 Å². The summed E-state index contributed by atoms with van der Waals surface area (Å²) in [6, 6.07) is 0. The van der Waals surface area contributed by atoms with Crippen LogP contribution in [0.15, 0.2) is 0 Å². The molecule has 0 aromatic heterocycles. The van der Waals surface area contributed by atoms with Gasteiger partial charge in [-0.05, 0) is 0 Å². The van der Waals surface area contributed by atoms with Gasteiger partial charge in [0.25, 0.3) is 0 Å². The fraction of sp³-hybridized carbons (Fsp3) is 0.857. The molecule has 0 saturated carbocycles. The van der Waals surface area contributed by atoms with Crippen molar-refractivity contribution in [3.05, 3.63) is 0 Å². The monoisotopic (exact) mass is 274 g/mol. The molecule has 0 aliphatic heterocycles. The third-order valence-electron chi connectivity index (χ3n) is 1.76. The number of ether oxygens (including phenoxy) is 1. The van der Waals surface area contributed by atoms with Gasteiger partial charge in [0, 0.05) is 7.11 Å². The molecule has 0 aliphatic carbocycles. The molecule has 0 aliphatic rings. The molecule has 0 aromatic rings. The highest BCUT2D eigenvalue weighted by Crippen LogP contribution is 2.35. The molecule has 0 rings (SSSR count). The molecule has 0 amide bonds. The lowest BCUT2D eigenvalue weighted by Crippen LogP contribution is -2.45. The molecule has 0 saturated heterocycles. The first-order valence-electron chi connectivity index (χ1n) is 4.45. The Balaban J connectivity index is 4.25. The minimum absolute atomic E-state index is 0.315. The van der Waals surface area contributed by atoms with Gasteiger partial charge in [0.05, 0.1) is 6.61 Å². The Morgan fingerprint density at radius 1 is 1.29 bits per heavy atom. The first-order chi connectivity index (χ1) is 7.69. The quantitative estimate of drug-likeness (QED) is 0.299. The molecule has 0 fully saturated rings. The Kier molecular flexibility index (Phi) is 6.98. The van der Waals surface area contributed by atoms with Gasteiger partial charge in [-0.2, -0.15) is 0 Å². The Labute approximate surface area is 96.8 Å². The molecule has 0 spiro atoms. The van der Waals surface area contributed by atoms with Crippen LogP contribution in [-0.4, -0.2) is 69.5 Å². The van der Waals surface area contributed by atoms with Crippen molar-refractivity contribution in [3.63, 3.8) is 0 Å². The Morgan fingerprint density at radius 2 is 1.82 bits per heavy atom. The van der Waals surface area contributed by atoms with Crippen LogP contribution in [0.2, 0.25) is 0 Å². The van der Waals surface area contributed by atoms with Crippen molar-refractivity contribution in [1.82, 2.24) is 0 Å². The zero-order valence-electron chi connectivity index (χ0n) is 8.96. The first kappa shape index (κ1) is 16.6.